The number of hydrogen-bond acceptors (Lipinski definition) is 2. The zero-order chi connectivity index (χ0) is 20.1. The van der Waals surface area contributed by atoms with Crippen molar-refractivity contribution in [3.63, 3.8) is 0 Å². The third-order valence-electron chi connectivity index (χ3n) is 6.28. The van der Waals surface area contributed by atoms with Crippen LogP contribution in [-0.2, 0) is 11.2 Å². The topological polar surface area (TPSA) is 52.7 Å². The molecule has 5 nitrogen and oxygen atoms in total. The van der Waals surface area contributed by atoms with Gasteiger partial charge in [0.1, 0.15) is 0 Å². The molecule has 1 N–H and O–H groups in total. The fourth-order valence-electron chi connectivity index (χ4n) is 4.38. The van der Waals surface area contributed by atoms with E-state index in [0.29, 0.717) is 38.0 Å². The molecule has 154 valence electrons. The molecule has 1 heterocycles. The summed E-state index contributed by atoms with van der Waals surface area (Å²) in [6, 6.07) is 8.52. The Balaban J connectivity index is 1.55. The van der Waals surface area contributed by atoms with Gasteiger partial charge in [-0.3, -0.25) is 4.79 Å². The summed E-state index contributed by atoms with van der Waals surface area (Å²) in [7, 11) is 0. The van der Waals surface area contributed by atoms with E-state index in [-0.39, 0.29) is 18.0 Å². The summed E-state index contributed by atoms with van der Waals surface area (Å²) in [5.74, 6) is 0.826. The lowest BCUT2D eigenvalue weighted by Crippen LogP contribution is -2.54. The SMILES string of the molecule is CCc1ccc(C(NC(=O)N2CCN(C(=O)C3CCCC3)CC2)C(C)C)cc1. The van der Waals surface area contributed by atoms with E-state index < -0.39 is 0 Å². The fraction of sp³-hybridized carbons (Fsp3) is 0.652. The number of rotatable bonds is 5. The lowest BCUT2D eigenvalue weighted by Gasteiger charge is -2.37. The normalized spacial score (nSPS) is 19.1. The van der Waals surface area contributed by atoms with E-state index in [1.807, 2.05) is 9.80 Å². The highest BCUT2D eigenvalue weighted by molar-refractivity contribution is 5.80. The number of benzene rings is 1. The maximum Gasteiger partial charge on any atom is 0.318 e. The van der Waals surface area contributed by atoms with Crippen LogP contribution in [-0.4, -0.2) is 47.9 Å². The second-order valence-corrected chi connectivity index (χ2v) is 8.56. The number of carbonyl (C=O) groups excluding carboxylic acids is 2. The van der Waals surface area contributed by atoms with E-state index >= 15 is 0 Å². The maximum atomic E-state index is 12.9. The molecular weight excluding hydrogens is 350 g/mol. The van der Waals surface area contributed by atoms with Gasteiger partial charge in [0.05, 0.1) is 6.04 Å². The Morgan fingerprint density at radius 2 is 1.57 bits per heavy atom. The molecule has 1 aromatic carbocycles. The monoisotopic (exact) mass is 385 g/mol. The summed E-state index contributed by atoms with van der Waals surface area (Å²) in [5.41, 5.74) is 2.45. The standard InChI is InChI=1S/C23H35N3O2/c1-4-18-9-11-19(12-10-18)21(17(2)3)24-23(28)26-15-13-25(14-16-26)22(27)20-7-5-6-8-20/h9-12,17,20-21H,4-8,13-16H2,1-3H3,(H,24,28). The van der Waals surface area contributed by atoms with E-state index in [0.717, 1.165) is 24.8 Å². The zero-order valence-corrected chi connectivity index (χ0v) is 17.6. The van der Waals surface area contributed by atoms with E-state index in [1.54, 1.807) is 0 Å². The molecule has 1 atom stereocenters. The van der Waals surface area contributed by atoms with Crippen molar-refractivity contribution in [3.8, 4) is 0 Å². The highest BCUT2D eigenvalue weighted by Gasteiger charge is 2.31. The summed E-state index contributed by atoms with van der Waals surface area (Å²) in [4.78, 5) is 29.3. The summed E-state index contributed by atoms with van der Waals surface area (Å²) in [5, 5.41) is 3.22. The Morgan fingerprint density at radius 3 is 2.11 bits per heavy atom. The Labute approximate surface area is 169 Å². The summed E-state index contributed by atoms with van der Waals surface area (Å²) >= 11 is 0. The van der Waals surface area contributed by atoms with Crippen molar-refractivity contribution < 1.29 is 9.59 Å². The Morgan fingerprint density at radius 1 is 1.00 bits per heavy atom. The van der Waals surface area contributed by atoms with Gasteiger partial charge in [0.2, 0.25) is 5.91 Å². The Bertz CT molecular complexity index is 657. The summed E-state index contributed by atoms with van der Waals surface area (Å²) in [6.07, 6.45) is 5.44. The van der Waals surface area contributed by atoms with Crippen LogP contribution in [0.4, 0.5) is 4.79 Å². The highest BCUT2D eigenvalue weighted by atomic mass is 16.2. The zero-order valence-electron chi connectivity index (χ0n) is 17.6. The second kappa shape index (κ2) is 9.44. The fourth-order valence-corrected chi connectivity index (χ4v) is 4.38. The van der Waals surface area contributed by atoms with Crippen molar-refractivity contribution in [1.82, 2.24) is 15.1 Å². The first-order valence-corrected chi connectivity index (χ1v) is 10.9. The van der Waals surface area contributed by atoms with Crippen molar-refractivity contribution in [2.75, 3.05) is 26.2 Å². The number of nitrogens with one attached hydrogen (secondary N) is 1. The molecule has 2 fully saturated rings. The van der Waals surface area contributed by atoms with E-state index in [4.69, 9.17) is 0 Å². The molecule has 1 saturated carbocycles. The Kier molecular flexibility index (Phi) is 6.97. The van der Waals surface area contributed by atoms with Crippen molar-refractivity contribution in [2.45, 2.75) is 58.9 Å². The molecule has 0 bridgehead atoms. The van der Waals surface area contributed by atoms with Gasteiger partial charge in [-0.1, -0.05) is 57.9 Å². The number of carbonyl (C=O) groups is 2. The van der Waals surface area contributed by atoms with E-state index in [9.17, 15) is 9.59 Å². The maximum absolute atomic E-state index is 12.9. The molecule has 0 spiro atoms. The van der Waals surface area contributed by atoms with Crippen LogP contribution < -0.4 is 5.32 Å². The van der Waals surface area contributed by atoms with Crippen molar-refractivity contribution in [3.05, 3.63) is 35.4 Å². The van der Waals surface area contributed by atoms with Gasteiger partial charge in [-0.2, -0.15) is 0 Å². The van der Waals surface area contributed by atoms with E-state index in [2.05, 4.69) is 50.4 Å². The predicted molar refractivity (Wildman–Crippen MR) is 112 cm³/mol. The van der Waals surface area contributed by atoms with Gasteiger partial charge in [0.15, 0.2) is 0 Å². The molecule has 5 heteroatoms. The lowest BCUT2D eigenvalue weighted by atomic mass is 9.95. The quantitative estimate of drug-likeness (QED) is 0.833. The number of hydrogen-bond donors (Lipinski definition) is 1. The number of nitrogens with zero attached hydrogens (tertiary/aromatic N) is 2. The minimum atomic E-state index is -0.0220. The number of amides is 3. The molecule has 1 aliphatic heterocycles. The minimum Gasteiger partial charge on any atom is -0.339 e. The van der Waals surface area contributed by atoms with Gasteiger partial charge in [0, 0.05) is 32.1 Å². The Hall–Kier alpha value is -2.04. The molecule has 28 heavy (non-hydrogen) atoms. The average molecular weight is 386 g/mol. The second-order valence-electron chi connectivity index (χ2n) is 8.56. The van der Waals surface area contributed by atoms with Crippen LogP contribution in [0, 0.1) is 11.8 Å². The number of aryl methyl sites for hydroxylation is 1. The van der Waals surface area contributed by atoms with Crippen molar-refractivity contribution >= 4 is 11.9 Å². The van der Waals surface area contributed by atoms with Gasteiger partial charge in [-0.05, 0) is 36.3 Å². The number of urea groups is 1. The van der Waals surface area contributed by atoms with Gasteiger partial charge < -0.3 is 15.1 Å². The smallest absolute Gasteiger partial charge is 0.318 e. The molecule has 3 amide bonds. The highest BCUT2D eigenvalue weighted by Crippen LogP contribution is 2.27. The van der Waals surface area contributed by atoms with Crippen LogP contribution in [0.5, 0.6) is 0 Å². The average Bonchev–Trinajstić information content (AvgIpc) is 3.26. The first-order chi connectivity index (χ1) is 13.5. The molecule has 1 unspecified atom stereocenters. The summed E-state index contributed by atoms with van der Waals surface area (Å²) in [6.45, 7) is 8.95. The van der Waals surface area contributed by atoms with Gasteiger partial charge in [-0.15, -0.1) is 0 Å². The molecule has 0 radical (unpaired) electrons. The predicted octanol–water partition coefficient (Wildman–Crippen LogP) is 3.99. The van der Waals surface area contributed by atoms with Crippen LogP contribution in [0.3, 0.4) is 0 Å². The van der Waals surface area contributed by atoms with Gasteiger partial charge in [0.25, 0.3) is 0 Å². The lowest BCUT2D eigenvalue weighted by molar-refractivity contribution is -0.136. The van der Waals surface area contributed by atoms with Crippen LogP contribution >= 0.6 is 0 Å². The van der Waals surface area contributed by atoms with Crippen LogP contribution in [0.2, 0.25) is 0 Å². The molecule has 1 saturated heterocycles. The molecular formula is C23H35N3O2. The molecule has 2 aliphatic rings. The van der Waals surface area contributed by atoms with E-state index in [1.165, 1.54) is 18.4 Å². The number of piperazine rings is 1. The van der Waals surface area contributed by atoms with Gasteiger partial charge in [-0.25, -0.2) is 4.79 Å². The summed E-state index contributed by atoms with van der Waals surface area (Å²) < 4.78 is 0. The van der Waals surface area contributed by atoms with Crippen LogP contribution in [0.15, 0.2) is 24.3 Å². The molecule has 0 aromatic heterocycles. The minimum absolute atomic E-state index is 0.00319. The first-order valence-electron chi connectivity index (χ1n) is 10.9. The van der Waals surface area contributed by atoms with Crippen LogP contribution in [0.1, 0.15) is 63.6 Å². The third-order valence-corrected chi connectivity index (χ3v) is 6.28. The molecule has 3 rings (SSSR count). The van der Waals surface area contributed by atoms with Crippen LogP contribution in [0.25, 0.3) is 0 Å². The first kappa shape index (κ1) is 20.7. The van der Waals surface area contributed by atoms with Crippen molar-refractivity contribution in [2.24, 2.45) is 11.8 Å². The van der Waals surface area contributed by atoms with Crippen molar-refractivity contribution in [1.29, 1.82) is 0 Å². The largest absolute Gasteiger partial charge is 0.339 e. The van der Waals surface area contributed by atoms with Gasteiger partial charge >= 0.3 is 6.03 Å². The third kappa shape index (κ3) is 4.86. The molecule has 1 aliphatic carbocycles. The molecule has 1 aromatic rings.